The van der Waals surface area contributed by atoms with Crippen LogP contribution in [0, 0.1) is 11.8 Å². The van der Waals surface area contributed by atoms with E-state index in [1.807, 2.05) is 12.1 Å². The number of amides is 3. The normalized spacial score (nSPS) is 20.0. The highest BCUT2D eigenvalue weighted by Crippen LogP contribution is 2.22. The lowest BCUT2D eigenvalue weighted by atomic mass is 9.94. The van der Waals surface area contributed by atoms with Crippen LogP contribution in [0.1, 0.15) is 44.0 Å². The smallest absolute Gasteiger partial charge is 0.321 e. The summed E-state index contributed by atoms with van der Waals surface area (Å²) >= 11 is 0. The second-order valence-corrected chi connectivity index (χ2v) is 8.17. The van der Waals surface area contributed by atoms with Crippen LogP contribution in [-0.2, 0) is 0 Å². The average Bonchev–Trinajstić information content (AvgIpc) is 3.09. The first-order chi connectivity index (χ1) is 13.0. The second-order valence-electron chi connectivity index (χ2n) is 8.17. The fourth-order valence-electron chi connectivity index (χ4n) is 3.98. The van der Waals surface area contributed by atoms with Crippen LogP contribution in [0.5, 0.6) is 0 Å². The molecule has 148 valence electrons. The predicted octanol–water partition coefficient (Wildman–Crippen LogP) is 2.70. The number of nitrogens with zero attached hydrogens (tertiary/aromatic N) is 2. The molecule has 1 aromatic rings. The molecule has 0 aliphatic carbocycles. The minimum absolute atomic E-state index is 0.0764. The number of rotatable bonds is 6. The van der Waals surface area contributed by atoms with Crippen LogP contribution in [0.4, 0.5) is 10.5 Å². The van der Waals surface area contributed by atoms with Crippen LogP contribution in [-0.4, -0.2) is 55.6 Å². The number of carbonyl (C=O) groups is 2. The average molecular weight is 373 g/mol. The molecule has 1 atom stereocenters. The summed E-state index contributed by atoms with van der Waals surface area (Å²) in [6, 6.07) is 7.56. The standard InChI is InChI=1S/C21H32N4O2/c1-15(2)19(24-10-7-16(3)8-11-24)14-23-20(26)17-5-4-6-18(13-17)25-12-9-22-21(25)27/h4-6,13,15-16,19H,7-12,14H2,1-3H3,(H,22,27)(H,23,26)/t19-/m0/s1. The molecule has 2 aliphatic rings. The van der Waals surface area contributed by atoms with E-state index in [2.05, 4.69) is 36.3 Å². The van der Waals surface area contributed by atoms with E-state index in [0.29, 0.717) is 37.2 Å². The molecule has 3 rings (SSSR count). The topological polar surface area (TPSA) is 64.7 Å². The van der Waals surface area contributed by atoms with E-state index in [9.17, 15) is 9.59 Å². The second kappa shape index (κ2) is 8.74. The maximum Gasteiger partial charge on any atom is 0.321 e. The minimum Gasteiger partial charge on any atom is -0.350 e. The molecule has 2 aliphatic heterocycles. The Labute approximate surface area is 162 Å². The first kappa shape index (κ1) is 19.7. The van der Waals surface area contributed by atoms with Gasteiger partial charge in [0.25, 0.3) is 5.91 Å². The maximum absolute atomic E-state index is 12.7. The van der Waals surface area contributed by atoms with E-state index in [1.165, 1.54) is 12.8 Å². The quantitative estimate of drug-likeness (QED) is 0.807. The fraction of sp³-hybridized carbons (Fsp3) is 0.619. The van der Waals surface area contributed by atoms with Gasteiger partial charge in [-0.05, 0) is 56.0 Å². The molecule has 3 amide bonds. The lowest BCUT2D eigenvalue weighted by Gasteiger charge is -2.38. The van der Waals surface area contributed by atoms with E-state index in [0.717, 1.165) is 24.7 Å². The number of likely N-dealkylation sites (tertiary alicyclic amines) is 1. The zero-order chi connectivity index (χ0) is 19.4. The van der Waals surface area contributed by atoms with Crippen LogP contribution in [0.3, 0.4) is 0 Å². The van der Waals surface area contributed by atoms with Gasteiger partial charge in [0.05, 0.1) is 0 Å². The minimum atomic E-state index is -0.105. The lowest BCUT2D eigenvalue weighted by Crippen LogP contribution is -2.49. The molecule has 2 saturated heterocycles. The van der Waals surface area contributed by atoms with Crippen molar-refractivity contribution < 1.29 is 9.59 Å². The summed E-state index contributed by atoms with van der Waals surface area (Å²) in [5.74, 6) is 1.21. The van der Waals surface area contributed by atoms with E-state index < -0.39 is 0 Å². The highest BCUT2D eigenvalue weighted by atomic mass is 16.2. The number of nitrogens with one attached hydrogen (secondary N) is 2. The molecule has 0 saturated carbocycles. The molecule has 2 fully saturated rings. The molecule has 2 N–H and O–H groups in total. The number of hydrogen-bond acceptors (Lipinski definition) is 3. The van der Waals surface area contributed by atoms with Gasteiger partial charge in [-0.3, -0.25) is 14.6 Å². The molecular weight excluding hydrogens is 340 g/mol. The van der Waals surface area contributed by atoms with Gasteiger partial charge in [-0.2, -0.15) is 0 Å². The van der Waals surface area contributed by atoms with Crippen molar-refractivity contribution in [3.05, 3.63) is 29.8 Å². The number of urea groups is 1. The Morgan fingerprint density at radius 2 is 2.00 bits per heavy atom. The van der Waals surface area contributed by atoms with E-state index in [1.54, 1.807) is 17.0 Å². The van der Waals surface area contributed by atoms with Gasteiger partial charge < -0.3 is 10.6 Å². The number of anilines is 1. The van der Waals surface area contributed by atoms with Crippen molar-refractivity contribution in [2.24, 2.45) is 11.8 Å². The van der Waals surface area contributed by atoms with Crippen molar-refractivity contribution in [2.45, 2.75) is 39.7 Å². The van der Waals surface area contributed by atoms with E-state index >= 15 is 0 Å². The number of piperidine rings is 1. The van der Waals surface area contributed by atoms with Gasteiger partial charge in [-0.1, -0.05) is 26.8 Å². The summed E-state index contributed by atoms with van der Waals surface area (Å²) in [4.78, 5) is 28.8. The molecular formula is C21H32N4O2. The molecule has 0 aromatic heterocycles. The van der Waals surface area contributed by atoms with Gasteiger partial charge in [-0.25, -0.2) is 4.79 Å². The highest BCUT2D eigenvalue weighted by Gasteiger charge is 2.26. The van der Waals surface area contributed by atoms with Crippen LogP contribution < -0.4 is 15.5 Å². The summed E-state index contributed by atoms with van der Waals surface area (Å²) in [5.41, 5.74) is 1.37. The summed E-state index contributed by atoms with van der Waals surface area (Å²) in [6.07, 6.45) is 2.47. The number of benzene rings is 1. The Balaban J connectivity index is 1.61. The largest absolute Gasteiger partial charge is 0.350 e. The molecule has 0 spiro atoms. The van der Waals surface area contributed by atoms with Crippen LogP contribution in [0.25, 0.3) is 0 Å². The van der Waals surface area contributed by atoms with Crippen molar-refractivity contribution >= 4 is 17.6 Å². The third-order valence-corrected chi connectivity index (χ3v) is 5.81. The Bertz CT molecular complexity index is 668. The van der Waals surface area contributed by atoms with Gasteiger partial charge in [0.1, 0.15) is 0 Å². The van der Waals surface area contributed by atoms with Crippen molar-refractivity contribution in [3.8, 4) is 0 Å². The van der Waals surface area contributed by atoms with Gasteiger partial charge >= 0.3 is 6.03 Å². The Morgan fingerprint density at radius 1 is 1.26 bits per heavy atom. The molecule has 0 unspecified atom stereocenters. The van der Waals surface area contributed by atoms with E-state index in [4.69, 9.17) is 0 Å². The zero-order valence-electron chi connectivity index (χ0n) is 16.7. The van der Waals surface area contributed by atoms with Crippen LogP contribution in [0.15, 0.2) is 24.3 Å². The molecule has 0 radical (unpaired) electrons. The fourth-order valence-corrected chi connectivity index (χ4v) is 3.98. The summed E-state index contributed by atoms with van der Waals surface area (Å²) in [6.45, 7) is 10.9. The Hall–Kier alpha value is -2.08. The third-order valence-electron chi connectivity index (χ3n) is 5.81. The molecule has 6 heteroatoms. The first-order valence-corrected chi connectivity index (χ1v) is 10.1. The van der Waals surface area contributed by atoms with Gasteiger partial charge in [-0.15, -0.1) is 0 Å². The summed E-state index contributed by atoms with van der Waals surface area (Å²) in [5, 5.41) is 5.91. The van der Waals surface area contributed by atoms with Crippen molar-refractivity contribution in [2.75, 3.05) is 37.6 Å². The van der Waals surface area contributed by atoms with Crippen molar-refractivity contribution in [3.63, 3.8) is 0 Å². The first-order valence-electron chi connectivity index (χ1n) is 10.1. The van der Waals surface area contributed by atoms with E-state index in [-0.39, 0.29) is 11.9 Å². The van der Waals surface area contributed by atoms with Gasteiger partial charge in [0.15, 0.2) is 0 Å². The van der Waals surface area contributed by atoms with Crippen molar-refractivity contribution in [1.82, 2.24) is 15.5 Å². The monoisotopic (exact) mass is 372 g/mol. The number of carbonyl (C=O) groups excluding carboxylic acids is 2. The molecule has 0 bridgehead atoms. The maximum atomic E-state index is 12.7. The zero-order valence-corrected chi connectivity index (χ0v) is 16.7. The summed E-state index contributed by atoms with van der Waals surface area (Å²) < 4.78 is 0. The van der Waals surface area contributed by atoms with Crippen LogP contribution in [0.2, 0.25) is 0 Å². The third kappa shape index (κ3) is 4.80. The number of hydrogen-bond donors (Lipinski definition) is 2. The van der Waals surface area contributed by atoms with Gasteiger partial charge in [0, 0.05) is 36.9 Å². The predicted molar refractivity (Wildman–Crippen MR) is 108 cm³/mol. The molecule has 6 nitrogen and oxygen atoms in total. The molecule has 27 heavy (non-hydrogen) atoms. The van der Waals surface area contributed by atoms with Crippen LogP contribution >= 0.6 is 0 Å². The van der Waals surface area contributed by atoms with Crippen molar-refractivity contribution in [1.29, 1.82) is 0 Å². The highest BCUT2D eigenvalue weighted by molar-refractivity contribution is 5.98. The molecule has 1 aromatic carbocycles. The Morgan fingerprint density at radius 3 is 2.63 bits per heavy atom. The van der Waals surface area contributed by atoms with Gasteiger partial charge in [0.2, 0.25) is 0 Å². The lowest BCUT2D eigenvalue weighted by molar-refractivity contribution is 0.0863. The summed E-state index contributed by atoms with van der Waals surface area (Å²) in [7, 11) is 0. The SMILES string of the molecule is CC1CCN([C@@H](CNC(=O)c2cccc(N3CCNC3=O)c2)C(C)C)CC1. The Kier molecular flexibility index (Phi) is 6.37. The molecule has 2 heterocycles.